The van der Waals surface area contributed by atoms with Crippen molar-refractivity contribution in [1.82, 2.24) is 5.32 Å². The summed E-state index contributed by atoms with van der Waals surface area (Å²) in [5.74, 6) is -0.755. The van der Waals surface area contributed by atoms with Gasteiger partial charge in [-0.25, -0.2) is 0 Å². The van der Waals surface area contributed by atoms with Gasteiger partial charge in [0.25, 0.3) is 0 Å². The topological polar surface area (TPSA) is 41.6 Å². The van der Waals surface area contributed by atoms with Crippen LogP contribution in [0.15, 0.2) is 42.5 Å². The van der Waals surface area contributed by atoms with Crippen molar-refractivity contribution in [1.29, 1.82) is 0 Å². The van der Waals surface area contributed by atoms with Gasteiger partial charge < -0.3 is 15.0 Å². The molecule has 2 aliphatic heterocycles. The first-order chi connectivity index (χ1) is 13.3. The number of alkyl halides is 3. The van der Waals surface area contributed by atoms with Crippen molar-refractivity contribution >= 4 is 11.7 Å². The molecule has 2 heterocycles. The van der Waals surface area contributed by atoms with Crippen LogP contribution in [0.1, 0.15) is 29.5 Å². The van der Waals surface area contributed by atoms with E-state index in [1.807, 2.05) is 18.2 Å². The first kappa shape index (κ1) is 18.8. The molecule has 0 bridgehead atoms. The van der Waals surface area contributed by atoms with E-state index in [-0.39, 0.29) is 0 Å². The molecule has 2 aromatic carbocycles. The lowest BCUT2D eigenvalue weighted by atomic mass is 9.88. The number of fused-ring (bicyclic) bond motifs is 1. The lowest BCUT2D eigenvalue weighted by molar-refractivity contribution is -0.139. The summed E-state index contributed by atoms with van der Waals surface area (Å²) in [4.78, 5) is 14.8. The van der Waals surface area contributed by atoms with Crippen LogP contribution < -0.4 is 15.0 Å². The Morgan fingerprint density at radius 1 is 1.18 bits per heavy atom. The minimum atomic E-state index is -4.44. The maximum Gasteiger partial charge on any atom is 0.416 e. The Morgan fingerprint density at radius 2 is 2.00 bits per heavy atom. The molecule has 4 nitrogen and oxygen atoms in total. The number of piperazine rings is 1. The number of hydrogen-bond acceptors (Lipinski definition) is 4. The van der Waals surface area contributed by atoms with E-state index in [0.717, 1.165) is 43.0 Å². The molecule has 0 radical (unpaired) electrons. The highest BCUT2D eigenvalue weighted by atomic mass is 19.4. The van der Waals surface area contributed by atoms with Gasteiger partial charge in [-0.05, 0) is 36.6 Å². The van der Waals surface area contributed by atoms with E-state index in [1.165, 1.54) is 6.07 Å². The van der Waals surface area contributed by atoms with Crippen LogP contribution in [-0.4, -0.2) is 31.6 Å². The third-order valence-electron chi connectivity index (χ3n) is 5.32. The second-order valence-electron chi connectivity index (χ2n) is 7.39. The molecule has 1 N–H and O–H groups in total. The summed E-state index contributed by atoms with van der Waals surface area (Å²) in [6, 6.07) is 11.0. The normalized spacial score (nSPS) is 22.6. The van der Waals surface area contributed by atoms with Gasteiger partial charge in [0.05, 0.1) is 11.5 Å². The Hall–Kier alpha value is -2.54. The van der Waals surface area contributed by atoms with Crippen molar-refractivity contribution in [3.05, 3.63) is 59.2 Å². The first-order valence-corrected chi connectivity index (χ1v) is 9.31. The minimum absolute atomic E-state index is 0.325. The molecule has 7 heteroatoms. The highest BCUT2D eigenvalue weighted by Gasteiger charge is 2.34. The molecule has 0 aliphatic carbocycles. The molecule has 0 spiro atoms. The summed E-state index contributed by atoms with van der Waals surface area (Å²) in [7, 11) is 0. The number of nitrogens with zero attached hydrogens (tertiary/aromatic N) is 1. The Bertz CT molecular complexity index is 897. The number of carbonyl (C=O) groups excluding carboxylic acids is 1. The van der Waals surface area contributed by atoms with Gasteiger partial charge >= 0.3 is 12.1 Å². The van der Waals surface area contributed by atoms with E-state index >= 15 is 0 Å². The zero-order chi connectivity index (χ0) is 19.9. The van der Waals surface area contributed by atoms with E-state index in [0.29, 0.717) is 23.8 Å². The zero-order valence-corrected chi connectivity index (χ0v) is 15.4. The van der Waals surface area contributed by atoms with Crippen LogP contribution in [0, 0.1) is 0 Å². The number of ether oxygens (including phenoxy) is 1. The van der Waals surface area contributed by atoms with Gasteiger partial charge in [-0.15, -0.1) is 0 Å². The molecular formula is C21H21F3N2O2. The average molecular weight is 390 g/mol. The van der Waals surface area contributed by atoms with Crippen LogP contribution in [0.4, 0.5) is 18.9 Å². The predicted octanol–water partition coefficient (Wildman–Crippen LogP) is 3.75. The summed E-state index contributed by atoms with van der Waals surface area (Å²) >= 11 is 0. The number of benzene rings is 2. The number of anilines is 1. The van der Waals surface area contributed by atoms with E-state index in [1.54, 1.807) is 6.07 Å². The minimum Gasteiger partial charge on any atom is -0.426 e. The van der Waals surface area contributed by atoms with Crippen molar-refractivity contribution < 1.29 is 22.7 Å². The summed E-state index contributed by atoms with van der Waals surface area (Å²) in [6.07, 6.45) is -4.12. The summed E-state index contributed by atoms with van der Waals surface area (Å²) in [5, 5.41) is 3.38. The molecule has 2 aromatic rings. The molecule has 1 fully saturated rings. The Kier molecular flexibility index (Phi) is 4.79. The van der Waals surface area contributed by atoms with E-state index in [4.69, 9.17) is 4.74 Å². The van der Waals surface area contributed by atoms with Crippen molar-refractivity contribution in [2.75, 3.05) is 24.5 Å². The zero-order valence-electron chi connectivity index (χ0n) is 15.4. The Labute approximate surface area is 161 Å². The quantitative estimate of drug-likeness (QED) is 0.627. The number of nitrogens with one attached hydrogen (secondary N) is 1. The molecule has 2 atom stereocenters. The van der Waals surface area contributed by atoms with Gasteiger partial charge in [0.15, 0.2) is 0 Å². The van der Waals surface area contributed by atoms with Crippen molar-refractivity contribution in [2.24, 2.45) is 0 Å². The van der Waals surface area contributed by atoms with Gasteiger partial charge in [-0.3, -0.25) is 4.79 Å². The second kappa shape index (κ2) is 7.13. The number of carbonyl (C=O) groups is 1. The van der Waals surface area contributed by atoms with E-state index in [2.05, 4.69) is 17.1 Å². The molecule has 1 saturated heterocycles. The van der Waals surface area contributed by atoms with Gasteiger partial charge in [0.2, 0.25) is 0 Å². The fourth-order valence-electron chi connectivity index (χ4n) is 3.84. The fourth-order valence-corrected chi connectivity index (χ4v) is 3.84. The summed E-state index contributed by atoms with van der Waals surface area (Å²) in [5.41, 5.74) is 1.38. The lowest BCUT2D eigenvalue weighted by Gasteiger charge is -2.34. The van der Waals surface area contributed by atoms with Crippen molar-refractivity contribution in [2.45, 2.75) is 31.5 Å². The van der Waals surface area contributed by atoms with Crippen molar-refractivity contribution in [3.8, 4) is 5.75 Å². The van der Waals surface area contributed by atoms with Crippen LogP contribution in [0.5, 0.6) is 5.75 Å². The monoisotopic (exact) mass is 390 g/mol. The number of esters is 1. The smallest absolute Gasteiger partial charge is 0.416 e. The lowest BCUT2D eigenvalue weighted by Crippen LogP contribution is -2.49. The first-order valence-electron chi connectivity index (χ1n) is 9.31. The third-order valence-corrected chi connectivity index (χ3v) is 5.32. The number of halogens is 3. The van der Waals surface area contributed by atoms with Crippen LogP contribution in [0.2, 0.25) is 0 Å². The highest BCUT2D eigenvalue weighted by Crippen LogP contribution is 2.38. The van der Waals surface area contributed by atoms with Gasteiger partial charge in [-0.1, -0.05) is 24.3 Å². The predicted molar refractivity (Wildman–Crippen MR) is 99.6 cm³/mol. The van der Waals surface area contributed by atoms with Gasteiger partial charge in [0.1, 0.15) is 5.75 Å². The molecule has 4 rings (SSSR count). The van der Waals surface area contributed by atoms with E-state index in [9.17, 15) is 18.0 Å². The molecule has 0 amide bonds. The van der Waals surface area contributed by atoms with Crippen LogP contribution in [-0.2, 0) is 17.4 Å². The molecule has 0 aromatic heterocycles. The van der Waals surface area contributed by atoms with E-state index < -0.39 is 23.6 Å². The largest absolute Gasteiger partial charge is 0.426 e. The number of hydrogen-bond donors (Lipinski definition) is 1. The highest BCUT2D eigenvalue weighted by molar-refractivity contribution is 5.83. The molecule has 1 unspecified atom stereocenters. The molecule has 2 aliphatic rings. The Balaban J connectivity index is 1.58. The second-order valence-corrected chi connectivity index (χ2v) is 7.39. The van der Waals surface area contributed by atoms with Crippen LogP contribution in [0.3, 0.4) is 0 Å². The molecule has 148 valence electrons. The molecular weight excluding hydrogens is 369 g/mol. The third kappa shape index (κ3) is 3.71. The van der Waals surface area contributed by atoms with Gasteiger partial charge in [-0.2, -0.15) is 13.2 Å². The molecule has 0 saturated carbocycles. The maximum absolute atomic E-state index is 13.0. The summed E-state index contributed by atoms with van der Waals surface area (Å²) < 4.78 is 44.5. The van der Waals surface area contributed by atoms with Crippen molar-refractivity contribution in [3.63, 3.8) is 0 Å². The summed E-state index contributed by atoms with van der Waals surface area (Å²) in [6.45, 7) is 4.73. The Morgan fingerprint density at radius 3 is 2.75 bits per heavy atom. The van der Waals surface area contributed by atoms with Crippen LogP contribution in [0.25, 0.3) is 0 Å². The number of rotatable bonds is 2. The maximum atomic E-state index is 13.0. The fraction of sp³-hybridized carbons (Fsp3) is 0.381. The van der Waals surface area contributed by atoms with Crippen LogP contribution >= 0.6 is 0 Å². The SMILES string of the molecule is C[C@H]1CN(c2ccc3c(c2)OC(=O)C(c2cccc(C(F)(F)F)c2)C3)CCN1. The standard InChI is InChI=1S/C21H21F3N2O2/c1-13-12-26(8-7-25-13)17-6-5-15-10-18(20(27)28-19(15)11-17)14-3-2-4-16(9-14)21(22,23)24/h2-6,9,11,13,18,25H,7-8,10,12H2,1H3/t13-,18?/m0/s1. The average Bonchev–Trinajstić information content (AvgIpc) is 2.66. The van der Waals surface area contributed by atoms with Gasteiger partial charge in [0, 0.05) is 37.4 Å². The molecule has 28 heavy (non-hydrogen) atoms.